The standard InChI is InChI=1S/C5H9IN2/c1-5-7-2-3-8(5)4-6/h2-4H2,1H3. The Morgan fingerprint density at radius 1 is 1.88 bits per heavy atom. The quantitative estimate of drug-likeness (QED) is 0.370. The first-order valence-electron chi connectivity index (χ1n) is 2.66. The molecule has 1 heterocycles. The molecule has 2 nitrogen and oxygen atoms in total. The van der Waals surface area contributed by atoms with Gasteiger partial charge in [-0.1, -0.05) is 22.6 Å². The Kier molecular flexibility index (Phi) is 2.10. The van der Waals surface area contributed by atoms with Crippen molar-refractivity contribution in [2.24, 2.45) is 4.99 Å². The minimum atomic E-state index is 0.995. The first-order chi connectivity index (χ1) is 3.84. The zero-order valence-corrected chi connectivity index (χ0v) is 7.05. The lowest BCUT2D eigenvalue weighted by atomic mass is 10.6. The predicted octanol–water partition coefficient (Wildman–Crippen LogP) is 1.11. The van der Waals surface area contributed by atoms with E-state index in [4.69, 9.17) is 0 Å². The normalized spacial score (nSPS) is 19.2. The van der Waals surface area contributed by atoms with Gasteiger partial charge in [0.25, 0.3) is 0 Å². The third-order valence-corrected chi connectivity index (χ3v) is 2.14. The van der Waals surface area contributed by atoms with Gasteiger partial charge in [0, 0.05) is 6.54 Å². The predicted molar refractivity (Wildman–Crippen MR) is 43.6 cm³/mol. The number of alkyl halides is 1. The van der Waals surface area contributed by atoms with E-state index in [1.54, 1.807) is 0 Å². The van der Waals surface area contributed by atoms with Gasteiger partial charge in [-0.3, -0.25) is 4.99 Å². The van der Waals surface area contributed by atoms with Crippen molar-refractivity contribution in [3.63, 3.8) is 0 Å². The van der Waals surface area contributed by atoms with Crippen LogP contribution < -0.4 is 0 Å². The van der Waals surface area contributed by atoms with Crippen molar-refractivity contribution in [3.05, 3.63) is 0 Å². The van der Waals surface area contributed by atoms with E-state index in [2.05, 4.69) is 39.4 Å². The molecule has 0 fully saturated rings. The average molecular weight is 224 g/mol. The van der Waals surface area contributed by atoms with Crippen molar-refractivity contribution < 1.29 is 0 Å². The maximum atomic E-state index is 4.23. The van der Waals surface area contributed by atoms with Gasteiger partial charge in [0.2, 0.25) is 0 Å². The largest absolute Gasteiger partial charge is 0.350 e. The summed E-state index contributed by atoms with van der Waals surface area (Å²) in [5.41, 5.74) is 0. The zero-order valence-electron chi connectivity index (χ0n) is 4.89. The van der Waals surface area contributed by atoms with Crippen molar-refractivity contribution in [1.29, 1.82) is 0 Å². The van der Waals surface area contributed by atoms with E-state index >= 15 is 0 Å². The summed E-state index contributed by atoms with van der Waals surface area (Å²) in [5.74, 6) is 1.19. The zero-order chi connectivity index (χ0) is 5.98. The molecule has 0 radical (unpaired) electrons. The van der Waals surface area contributed by atoms with Crippen LogP contribution in [0.1, 0.15) is 6.92 Å². The molecule has 0 amide bonds. The fraction of sp³-hybridized carbons (Fsp3) is 0.800. The van der Waals surface area contributed by atoms with Crippen LogP contribution in [-0.4, -0.2) is 28.4 Å². The number of halogens is 1. The molecule has 46 valence electrons. The van der Waals surface area contributed by atoms with Crippen LogP contribution in [0.15, 0.2) is 4.99 Å². The number of hydrogen-bond donors (Lipinski definition) is 0. The Morgan fingerprint density at radius 3 is 2.88 bits per heavy atom. The Balaban J connectivity index is 2.46. The van der Waals surface area contributed by atoms with Gasteiger partial charge in [0.05, 0.1) is 16.9 Å². The maximum Gasteiger partial charge on any atom is 0.0965 e. The second kappa shape index (κ2) is 2.66. The molecule has 3 heteroatoms. The van der Waals surface area contributed by atoms with Crippen molar-refractivity contribution in [3.8, 4) is 0 Å². The molecule has 0 aromatic carbocycles. The van der Waals surface area contributed by atoms with Gasteiger partial charge in [-0.05, 0) is 6.92 Å². The molecule has 0 unspecified atom stereocenters. The fourth-order valence-electron chi connectivity index (χ4n) is 0.741. The summed E-state index contributed by atoms with van der Waals surface area (Å²) in [4.78, 5) is 6.49. The number of nitrogens with zero attached hydrogens (tertiary/aromatic N) is 2. The molecule has 0 saturated carbocycles. The smallest absolute Gasteiger partial charge is 0.0965 e. The molecule has 1 rings (SSSR count). The molecule has 0 aliphatic carbocycles. The number of rotatable bonds is 1. The molecular weight excluding hydrogens is 215 g/mol. The van der Waals surface area contributed by atoms with E-state index in [1.807, 2.05) is 0 Å². The first-order valence-corrected chi connectivity index (χ1v) is 4.19. The summed E-state index contributed by atoms with van der Waals surface area (Å²) in [6, 6.07) is 0. The summed E-state index contributed by atoms with van der Waals surface area (Å²) in [6.07, 6.45) is 0. The summed E-state index contributed by atoms with van der Waals surface area (Å²) in [5, 5.41) is 0. The highest BCUT2D eigenvalue weighted by Gasteiger charge is 2.08. The Labute approximate surface area is 63.1 Å². The number of hydrogen-bond acceptors (Lipinski definition) is 2. The maximum absolute atomic E-state index is 4.23. The molecule has 0 spiro atoms. The third-order valence-electron chi connectivity index (χ3n) is 1.31. The minimum absolute atomic E-state index is 0.995. The van der Waals surface area contributed by atoms with E-state index in [0.29, 0.717) is 0 Å². The van der Waals surface area contributed by atoms with Crippen molar-refractivity contribution in [1.82, 2.24) is 4.90 Å². The molecule has 1 aliphatic rings. The van der Waals surface area contributed by atoms with Crippen LogP contribution in [-0.2, 0) is 0 Å². The summed E-state index contributed by atoms with van der Waals surface area (Å²) < 4.78 is 1.08. The SMILES string of the molecule is CC1=NCCN1CI. The van der Waals surface area contributed by atoms with Crippen LogP contribution in [0.4, 0.5) is 0 Å². The van der Waals surface area contributed by atoms with Gasteiger partial charge >= 0.3 is 0 Å². The average Bonchev–Trinajstić information content (AvgIpc) is 2.14. The van der Waals surface area contributed by atoms with E-state index in [-0.39, 0.29) is 0 Å². The van der Waals surface area contributed by atoms with Gasteiger partial charge in [-0.15, -0.1) is 0 Å². The summed E-state index contributed by atoms with van der Waals surface area (Å²) in [7, 11) is 0. The molecule has 0 saturated heterocycles. The molecular formula is C5H9IN2. The van der Waals surface area contributed by atoms with Crippen LogP contribution in [0.25, 0.3) is 0 Å². The lowest BCUT2D eigenvalue weighted by molar-refractivity contribution is 0.544. The minimum Gasteiger partial charge on any atom is -0.350 e. The molecule has 0 N–H and O–H groups in total. The van der Waals surface area contributed by atoms with Gasteiger partial charge in [-0.2, -0.15) is 0 Å². The fourth-order valence-corrected chi connectivity index (χ4v) is 1.58. The molecule has 1 aliphatic heterocycles. The van der Waals surface area contributed by atoms with Gasteiger partial charge < -0.3 is 4.90 Å². The number of aliphatic imine (C=N–C) groups is 1. The molecule has 0 bridgehead atoms. The Bertz CT molecular complexity index is 111. The van der Waals surface area contributed by atoms with Crippen LogP contribution in [0.5, 0.6) is 0 Å². The first kappa shape index (κ1) is 6.32. The van der Waals surface area contributed by atoms with Crippen LogP contribution in [0.3, 0.4) is 0 Å². The van der Waals surface area contributed by atoms with E-state index in [0.717, 1.165) is 17.6 Å². The highest BCUT2D eigenvalue weighted by Crippen LogP contribution is 2.02. The van der Waals surface area contributed by atoms with Crippen molar-refractivity contribution in [2.75, 3.05) is 17.6 Å². The van der Waals surface area contributed by atoms with Crippen LogP contribution in [0, 0.1) is 0 Å². The van der Waals surface area contributed by atoms with Crippen molar-refractivity contribution in [2.45, 2.75) is 6.92 Å². The summed E-state index contributed by atoms with van der Waals surface area (Å²) in [6.45, 7) is 4.18. The second-order valence-electron chi connectivity index (χ2n) is 1.81. The molecule has 0 aromatic rings. The second-order valence-corrected chi connectivity index (χ2v) is 2.49. The summed E-state index contributed by atoms with van der Waals surface area (Å²) >= 11 is 2.35. The Morgan fingerprint density at radius 2 is 2.62 bits per heavy atom. The highest BCUT2D eigenvalue weighted by atomic mass is 127. The lowest BCUT2D eigenvalue weighted by Gasteiger charge is -2.12. The van der Waals surface area contributed by atoms with Crippen molar-refractivity contribution >= 4 is 28.4 Å². The highest BCUT2D eigenvalue weighted by molar-refractivity contribution is 14.1. The third kappa shape index (κ3) is 1.13. The van der Waals surface area contributed by atoms with Crippen LogP contribution in [0.2, 0.25) is 0 Å². The van der Waals surface area contributed by atoms with Crippen LogP contribution >= 0.6 is 22.6 Å². The van der Waals surface area contributed by atoms with E-state index < -0.39 is 0 Å². The number of amidine groups is 1. The lowest BCUT2D eigenvalue weighted by Crippen LogP contribution is -2.23. The Hall–Kier alpha value is 0.200. The van der Waals surface area contributed by atoms with Gasteiger partial charge in [0.15, 0.2) is 0 Å². The molecule has 0 aromatic heterocycles. The van der Waals surface area contributed by atoms with E-state index in [9.17, 15) is 0 Å². The van der Waals surface area contributed by atoms with Gasteiger partial charge in [-0.25, -0.2) is 0 Å². The molecule has 8 heavy (non-hydrogen) atoms. The van der Waals surface area contributed by atoms with E-state index in [1.165, 1.54) is 5.84 Å². The van der Waals surface area contributed by atoms with Gasteiger partial charge in [0.1, 0.15) is 0 Å². The topological polar surface area (TPSA) is 15.6 Å². The molecule has 0 atom stereocenters. The monoisotopic (exact) mass is 224 g/mol.